The SMILES string of the molecule is CC(C)CNCCCc1cccc(C(F)(F)F)c1. The van der Waals surface area contributed by atoms with E-state index in [-0.39, 0.29) is 0 Å². The lowest BCUT2D eigenvalue weighted by Gasteiger charge is -2.09. The largest absolute Gasteiger partial charge is 0.416 e. The molecule has 0 amide bonds. The molecule has 0 fully saturated rings. The summed E-state index contributed by atoms with van der Waals surface area (Å²) < 4.78 is 37.5. The zero-order valence-corrected chi connectivity index (χ0v) is 10.8. The molecule has 18 heavy (non-hydrogen) atoms. The fourth-order valence-electron chi connectivity index (χ4n) is 1.71. The maximum Gasteiger partial charge on any atom is 0.416 e. The van der Waals surface area contributed by atoms with E-state index in [1.165, 1.54) is 12.1 Å². The van der Waals surface area contributed by atoms with E-state index in [0.29, 0.717) is 12.3 Å². The number of nitrogens with one attached hydrogen (secondary N) is 1. The van der Waals surface area contributed by atoms with Gasteiger partial charge in [0.1, 0.15) is 0 Å². The molecule has 0 radical (unpaired) electrons. The molecule has 0 aliphatic carbocycles. The summed E-state index contributed by atoms with van der Waals surface area (Å²) in [4.78, 5) is 0. The molecular weight excluding hydrogens is 239 g/mol. The molecule has 0 heterocycles. The number of hydrogen-bond donors (Lipinski definition) is 1. The van der Waals surface area contributed by atoms with Gasteiger partial charge in [0.05, 0.1) is 5.56 Å². The highest BCUT2D eigenvalue weighted by atomic mass is 19.4. The lowest BCUT2D eigenvalue weighted by molar-refractivity contribution is -0.137. The number of hydrogen-bond acceptors (Lipinski definition) is 1. The summed E-state index contributed by atoms with van der Waals surface area (Å²) in [5, 5.41) is 3.28. The summed E-state index contributed by atoms with van der Waals surface area (Å²) in [6.07, 6.45) is -2.71. The second kappa shape index (κ2) is 6.78. The van der Waals surface area contributed by atoms with Crippen LogP contribution in [0.1, 0.15) is 31.4 Å². The minimum absolute atomic E-state index is 0.560. The fraction of sp³-hybridized carbons (Fsp3) is 0.571. The topological polar surface area (TPSA) is 12.0 Å². The van der Waals surface area contributed by atoms with Crippen molar-refractivity contribution in [3.63, 3.8) is 0 Å². The van der Waals surface area contributed by atoms with Gasteiger partial charge in [0.2, 0.25) is 0 Å². The molecular formula is C14H20F3N. The molecule has 0 saturated heterocycles. The summed E-state index contributed by atoms with van der Waals surface area (Å²) in [5.41, 5.74) is 0.186. The Kier molecular flexibility index (Phi) is 5.66. The van der Waals surface area contributed by atoms with Crippen LogP contribution in [0.3, 0.4) is 0 Å². The second-order valence-electron chi connectivity index (χ2n) is 4.90. The second-order valence-corrected chi connectivity index (χ2v) is 4.90. The number of rotatable bonds is 6. The smallest absolute Gasteiger partial charge is 0.316 e. The van der Waals surface area contributed by atoms with Crippen molar-refractivity contribution in [3.05, 3.63) is 35.4 Å². The highest BCUT2D eigenvalue weighted by molar-refractivity contribution is 5.25. The van der Waals surface area contributed by atoms with E-state index in [4.69, 9.17) is 0 Å². The molecule has 4 heteroatoms. The number of aryl methyl sites for hydroxylation is 1. The number of benzene rings is 1. The van der Waals surface area contributed by atoms with Crippen LogP contribution >= 0.6 is 0 Å². The summed E-state index contributed by atoms with van der Waals surface area (Å²) >= 11 is 0. The van der Waals surface area contributed by atoms with Gasteiger partial charge in [-0.1, -0.05) is 32.0 Å². The van der Waals surface area contributed by atoms with Crippen molar-refractivity contribution < 1.29 is 13.2 Å². The van der Waals surface area contributed by atoms with Gasteiger partial charge in [0.25, 0.3) is 0 Å². The Morgan fingerprint density at radius 2 is 1.94 bits per heavy atom. The standard InChI is InChI=1S/C14H20F3N/c1-11(2)10-18-8-4-6-12-5-3-7-13(9-12)14(15,16)17/h3,5,7,9,11,18H,4,6,8,10H2,1-2H3. The molecule has 1 aromatic carbocycles. The van der Waals surface area contributed by atoms with Crippen LogP contribution in [0.4, 0.5) is 13.2 Å². The highest BCUT2D eigenvalue weighted by Crippen LogP contribution is 2.29. The third-order valence-corrected chi connectivity index (χ3v) is 2.63. The molecule has 0 atom stereocenters. The fourth-order valence-corrected chi connectivity index (χ4v) is 1.71. The molecule has 1 aromatic rings. The van der Waals surface area contributed by atoms with Gasteiger partial charge >= 0.3 is 6.18 Å². The monoisotopic (exact) mass is 259 g/mol. The van der Waals surface area contributed by atoms with Crippen LogP contribution in [0.5, 0.6) is 0 Å². The van der Waals surface area contributed by atoms with E-state index < -0.39 is 11.7 Å². The first-order chi connectivity index (χ1) is 8.39. The lowest BCUT2D eigenvalue weighted by Crippen LogP contribution is -2.21. The normalized spacial score (nSPS) is 12.1. The van der Waals surface area contributed by atoms with E-state index in [9.17, 15) is 13.2 Å². The van der Waals surface area contributed by atoms with Crippen LogP contribution in [-0.4, -0.2) is 13.1 Å². The van der Waals surface area contributed by atoms with Gasteiger partial charge in [-0.25, -0.2) is 0 Å². The molecule has 0 aliphatic heterocycles. The van der Waals surface area contributed by atoms with Crippen molar-refractivity contribution in [2.45, 2.75) is 32.9 Å². The van der Waals surface area contributed by atoms with Crippen LogP contribution < -0.4 is 5.32 Å². The Bertz CT molecular complexity index is 358. The quantitative estimate of drug-likeness (QED) is 0.764. The van der Waals surface area contributed by atoms with Gasteiger partial charge in [-0.15, -0.1) is 0 Å². The summed E-state index contributed by atoms with van der Waals surface area (Å²) in [5.74, 6) is 0.596. The molecule has 0 spiro atoms. The molecule has 0 aromatic heterocycles. The molecule has 102 valence electrons. The van der Waals surface area contributed by atoms with Crippen molar-refractivity contribution in [3.8, 4) is 0 Å². The van der Waals surface area contributed by atoms with Crippen molar-refractivity contribution in [1.82, 2.24) is 5.32 Å². The predicted octanol–water partition coefficient (Wildman–Crippen LogP) is 3.88. The van der Waals surface area contributed by atoms with Gasteiger partial charge in [-0.2, -0.15) is 13.2 Å². The van der Waals surface area contributed by atoms with E-state index >= 15 is 0 Å². The van der Waals surface area contributed by atoms with Gasteiger partial charge in [0.15, 0.2) is 0 Å². The van der Waals surface area contributed by atoms with Crippen LogP contribution in [-0.2, 0) is 12.6 Å². The van der Waals surface area contributed by atoms with Gasteiger partial charge in [-0.3, -0.25) is 0 Å². The van der Waals surface area contributed by atoms with E-state index in [2.05, 4.69) is 19.2 Å². The van der Waals surface area contributed by atoms with Crippen LogP contribution in [0.25, 0.3) is 0 Å². The summed E-state index contributed by atoms with van der Waals surface area (Å²) in [6.45, 7) is 6.04. The zero-order valence-electron chi connectivity index (χ0n) is 10.8. The third-order valence-electron chi connectivity index (χ3n) is 2.63. The van der Waals surface area contributed by atoms with Crippen LogP contribution in [0, 0.1) is 5.92 Å². The van der Waals surface area contributed by atoms with Crippen molar-refractivity contribution in [2.75, 3.05) is 13.1 Å². The van der Waals surface area contributed by atoms with Crippen LogP contribution in [0.15, 0.2) is 24.3 Å². The molecule has 0 saturated carbocycles. The minimum Gasteiger partial charge on any atom is -0.316 e. The van der Waals surface area contributed by atoms with Gasteiger partial charge in [0, 0.05) is 0 Å². The average molecular weight is 259 g/mol. The first kappa shape index (κ1) is 15.0. The maximum absolute atomic E-state index is 12.5. The lowest BCUT2D eigenvalue weighted by atomic mass is 10.1. The third kappa shape index (κ3) is 5.54. The van der Waals surface area contributed by atoms with E-state index in [0.717, 1.165) is 31.1 Å². The van der Waals surface area contributed by atoms with Gasteiger partial charge < -0.3 is 5.32 Å². The Hall–Kier alpha value is -1.03. The first-order valence-electron chi connectivity index (χ1n) is 6.26. The predicted molar refractivity (Wildman–Crippen MR) is 67.5 cm³/mol. The maximum atomic E-state index is 12.5. The Balaban J connectivity index is 2.39. The van der Waals surface area contributed by atoms with Crippen LogP contribution in [0.2, 0.25) is 0 Å². The Morgan fingerprint density at radius 1 is 1.22 bits per heavy atom. The van der Waals surface area contributed by atoms with Crippen molar-refractivity contribution in [1.29, 1.82) is 0 Å². The number of halogens is 3. The summed E-state index contributed by atoms with van der Waals surface area (Å²) in [7, 11) is 0. The average Bonchev–Trinajstić information content (AvgIpc) is 2.27. The Morgan fingerprint density at radius 3 is 2.56 bits per heavy atom. The highest BCUT2D eigenvalue weighted by Gasteiger charge is 2.30. The first-order valence-corrected chi connectivity index (χ1v) is 6.26. The van der Waals surface area contributed by atoms with E-state index in [1.54, 1.807) is 6.07 Å². The molecule has 0 bridgehead atoms. The molecule has 0 aliphatic rings. The van der Waals surface area contributed by atoms with E-state index in [1.807, 2.05) is 0 Å². The molecule has 1 rings (SSSR count). The molecule has 0 unspecified atom stereocenters. The molecule has 1 nitrogen and oxygen atoms in total. The van der Waals surface area contributed by atoms with Gasteiger partial charge in [-0.05, 0) is 43.5 Å². The van der Waals surface area contributed by atoms with Crippen molar-refractivity contribution >= 4 is 0 Å². The molecule has 1 N–H and O–H groups in total. The van der Waals surface area contributed by atoms with Crippen molar-refractivity contribution in [2.24, 2.45) is 5.92 Å². The Labute approximate surface area is 106 Å². The number of alkyl halides is 3. The zero-order chi connectivity index (χ0) is 13.6. The summed E-state index contributed by atoms with van der Waals surface area (Å²) in [6, 6.07) is 5.57. The minimum atomic E-state index is -4.24.